The van der Waals surface area contributed by atoms with Crippen LogP contribution >= 0.6 is 0 Å². The number of hydrazone groups is 1. The summed E-state index contributed by atoms with van der Waals surface area (Å²) < 4.78 is 0. The van der Waals surface area contributed by atoms with Crippen LogP contribution in [0.2, 0.25) is 0 Å². The number of hydrogen-bond acceptors (Lipinski definition) is 4. The third-order valence-corrected chi connectivity index (χ3v) is 2.55. The molecule has 1 aromatic heterocycles. The van der Waals surface area contributed by atoms with Gasteiger partial charge in [-0.05, 0) is 48.9 Å². The van der Waals surface area contributed by atoms with Crippen molar-refractivity contribution in [1.82, 2.24) is 10.4 Å². The van der Waals surface area contributed by atoms with Crippen molar-refractivity contribution in [3.05, 3.63) is 59.9 Å². The van der Waals surface area contributed by atoms with Gasteiger partial charge in [0.1, 0.15) is 5.75 Å². The van der Waals surface area contributed by atoms with E-state index in [9.17, 15) is 9.90 Å². The Morgan fingerprint density at radius 1 is 1.11 bits per heavy atom. The van der Waals surface area contributed by atoms with Crippen molar-refractivity contribution in [2.75, 3.05) is 0 Å². The Labute approximate surface area is 110 Å². The molecule has 0 radical (unpaired) electrons. The zero-order valence-electron chi connectivity index (χ0n) is 10.4. The van der Waals surface area contributed by atoms with Crippen molar-refractivity contribution in [1.29, 1.82) is 0 Å². The molecular weight excluding hydrogens is 242 g/mol. The van der Waals surface area contributed by atoms with E-state index in [4.69, 9.17) is 0 Å². The largest absolute Gasteiger partial charge is 0.508 e. The third kappa shape index (κ3) is 3.38. The number of hydrogen-bond donors (Lipinski definition) is 2. The molecule has 0 saturated heterocycles. The lowest BCUT2D eigenvalue weighted by molar-refractivity contribution is 0.0954. The number of nitrogens with zero attached hydrogens (tertiary/aromatic N) is 2. The van der Waals surface area contributed by atoms with E-state index >= 15 is 0 Å². The second kappa shape index (κ2) is 5.77. The minimum atomic E-state index is -0.291. The highest BCUT2D eigenvalue weighted by Gasteiger charge is 2.03. The topological polar surface area (TPSA) is 74.6 Å². The van der Waals surface area contributed by atoms with E-state index in [0.29, 0.717) is 11.3 Å². The summed E-state index contributed by atoms with van der Waals surface area (Å²) in [5.41, 5.74) is 4.45. The molecular formula is C14H13N3O2. The number of amides is 1. The highest BCUT2D eigenvalue weighted by molar-refractivity contribution is 6.00. The fraction of sp³-hybridized carbons (Fsp3) is 0.0714. The fourth-order valence-corrected chi connectivity index (χ4v) is 1.47. The molecule has 0 unspecified atom stereocenters. The maximum absolute atomic E-state index is 11.7. The van der Waals surface area contributed by atoms with Crippen molar-refractivity contribution < 1.29 is 9.90 Å². The second-order valence-corrected chi connectivity index (χ2v) is 3.92. The summed E-state index contributed by atoms with van der Waals surface area (Å²) >= 11 is 0. The second-order valence-electron chi connectivity index (χ2n) is 3.92. The van der Waals surface area contributed by atoms with Crippen molar-refractivity contribution in [3.63, 3.8) is 0 Å². The predicted molar refractivity (Wildman–Crippen MR) is 72.0 cm³/mol. The van der Waals surface area contributed by atoms with E-state index in [0.717, 1.165) is 5.56 Å². The number of phenolic OH excluding ortho intramolecular Hbond substituents is 1. The first-order valence-corrected chi connectivity index (χ1v) is 5.71. The molecule has 1 aromatic carbocycles. The number of carbonyl (C=O) groups excluding carboxylic acids is 1. The molecule has 2 N–H and O–H groups in total. The molecule has 0 fully saturated rings. The quantitative estimate of drug-likeness (QED) is 0.650. The maximum Gasteiger partial charge on any atom is 0.271 e. The highest BCUT2D eigenvalue weighted by atomic mass is 16.3. The summed E-state index contributed by atoms with van der Waals surface area (Å²) in [5.74, 6) is -0.0992. The van der Waals surface area contributed by atoms with Gasteiger partial charge in [-0.3, -0.25) is 9.78 Å². The van der Waals surface area contributed by atoms with E-state index in [1.54, 1.807) is 55.7 Å². The Balaban J connectivity index is 2.06. The Morgan fingerprint density at radius 2 is 1.74 bits per heavy atom. The Morgan fingerprint density at radius 3 is 2.37 bits per heavy atom. The van der Waals surface area contributed by atoms with Gasteiger partial charge in [0, 0.05) is 18.0 Å². The molecule has 0 aliphatic carbocycles. The molecule has 0 aliphatic rings. The Kier molecular flexibility index (Phi) is 3.87. The number of nitrogens with one attached hydrogen (secondary N) is 1. The van der Waals surface area contributed by atoms with Gasteiger partial charge in [0.15, 0.2) is 0 Å². The molecule has 19 heavy (non-hydrogen) atoms. The number of phenols is 1. The van der Waals surface area contributed by atoms with Crippen LogP contribution < -0.4 is 5.43 Å². The zero-order valence-corrected chi connectivity index (χ0v) is 10.4. The van der Waals surface area contributed by atoms with Gasteiger partial charge >= 0.3 is 0 Å². The van der Waals surface area contributed by atoms with Crippen LogP contribution in [-0.2, 0) is 0 Å². The highest BCUT2D eigenvalue weighted by Crippen LogP contribution is 2.10. The van der Waals surface area contributed by atoms with Gasteiger partial charge in [-0.1, -0.05) is 0 Å². The summed E-state index contributed by atoms with van der Waals surface area (Å²) in [4.78, 5) is 15.6. The summed E-state index contributed by atoms with van der Waals surface area (Å²) in [6.45, 7) is 1.78. The van der Waals surface area contributed by atoms with Gasteiger partial charge in [0.25, 0.3) is 5.91 Å². The van der Waals surface area contributed by atoms with E-state index in [2.05, 4.69) is 15.5 Å². The molecule has 2 aromatic rings. The van der Waals surface area contributed by atoms with E-state index in [1.165, 1.54) is 0 Å². The van der Waals surface area contributed by atoms with Gasteiger partial charge in [0.05, 0.1) is 5.71 Å². The van der Waals surface area contributed by atoms with Crippen molar-refractivity contribution in [3.8, 4) is 5.75 Å². The van der Waals surface area contributed by atoms with Crippen LogP contribution in [-0.4, -0.2) is 21.7 Å². The van der Waals surface area contributed by atoms with Crippen LogP contribution in [0.3, 0.4) is 0 Å². The van der Waals surface area contributed by atoms with E-state index in [1.807, 2.05) is 0 Å². The van der Waals surface area contributed by atoms with Crippen LogP contribution in [0.5, 0.6) is 5.75 Å². The molecule has 0 bridgehead atoms. The average Bonchev–Trinajstić information content (AvgIpc) is 2.46. The Hall–Kier alpha value is -2.69. The molecule has 2 rings (SSSR count). The molecule has 96 valence electrons. The first-order valence-electron chi connectivity index (χ1n) is 5.71. The normalized spacial score (nSPS) is 11.1. The number of aromatic hydroxyl groups is 1. The molecule has 5 nitrogen and oxygen atoms in total. The number of aromatic nitrogens is 1. The van der Waals surface area contributed by atoms with E-state index < -0.39 is 0 Å². The monoisotopic (exact) mass is 255 g/mol. The SMILES string of the molecule is C/C(=N/NC(=O)c1ccncc1)c1ccc(O)cc1. The van der Waals surface area contributed by atoms with Crippen molar-refractivity contribution in [2.24, 2.45) is 5.10 Å². The Bertz CT molecular complexity index is 592. The minimum Gasteiger partial charge on any atom is -0.508 e. The molecule has 0 spiro atoms. The predicted octanol–water partition coefficient (Wildman–Crippen LogP) is 1.94. The summed E-state index contributed by atoms with van der Waals surface area (Å²) in [6, 6.07) is 9.82. The lowest BCUT2D eigenvalue weighted by Crippen LogP contribution is -2.19. The lowest BCUT2D eigenvalue weighted by Gasteiger charge is -2.03. The van der Waals surface area contributed by atoms with E-state index in [-0.39, 0.29) is 11.7 Å². The van der Waals surface area contributed by atoms with Crippen LogP contribution in [0, 0.1) is 0 Å². The van der Waals surface area contributed by atoms with Crippen molar-refractivity contribution in [2.45, 2.75) is 6.92 Å². The van der Waals surface area contributed by atoms with Gasteiger partial charge in [-0.2, -0.15) is 5.10 Å². The van der Waals surface area contributed by atoms with Crippen LogP contribution in [0.1, 0.15) is 22.8 Å². The third-order valence-electron chi connectivity index (χ3n) is 2.55. The molecule has 1 amide bonds. The standard InChI is InChI=1S/C14H13N3O2/c1-10(11-2-4-13(18)5-3-11)16-17-14(19)12-6-8-15-9-7-12/h2-9,18H,1H3,(H,17,19)/b16-10-. The lowest BCUT2D eigenvalue weighted by atomic mass is 10.1. The fourth-order valence-electron chi connectivity index (χ4n) is 1.47. The molecule has 0 aliphatic heterocycles. The maximum atomic E-state index is 11.7. The molecule has 1 heterocycles. The van der Waals surface area contributed by atoms with Gasteiger partial charge in [0.2, 0.25) is 0 Å². The summed E-state index contributed by atoms with van der Waals surface area (Å²) in [6.07, 6.45) is 3.09. The van der Waals surface area contributed by atoms with Gasteiger partial charge in [-0.25, -0.2) is 5.43 Å². The number of pyridine rings is 1. The van der Waals surface area contributed by atoms with Gasteiger partial charge < -0.3 is 5.11 Å². The molecule has 0 saturated carbocycles. The number of carbonyl (C=O) groups is 1. The smallest absolute Gasteiger partial charge is 0.271 e. The summed E-state index contributed by atoms with van der Waals surface area (Å²) in [5, 5.41) is 13.2. The van der Waals surface area contributed by atoms with Gasteiger partial charge in [-0.15, -0.1) is 0 Å². The van der Waals surface area contributed by atoms with Crippen LogP contribution in [0.4, 0.5) is 0 Å². The number of rotatable bonds is 3. The summed E-state index contributed by atoms with van der Waals surface area (Å²) in [7, 11) is 0. The van der Waals surface area contributed by atoms with Crippen LogP contribution in [0.15, 0.2) is 53.9 Å². The average molecular weight is 255 g/mol. The zero-order chi connectivity index (χ0) is 13.7. The number of benzene rings is 1. The minimum absolute atomic E-state index is 0.192. The van der Waals surface area contributed by atoms with Crippen LogP contribution in [0.25, 0.3) is 0 Å². The molecule has 5 heteroatoms. The first kappa shape index (κ1) is 12.8. The van der Waals surface area contributed by atoms with Crippen molar-refractivity contribution >= 4 is 11.6 Å². The first-order chi connectivity index (χ1) is 9.16. The molecule has 0 atom stereocenters.